The Morgan fingerprint density at radius 1 is 1.32 bits per heavy atom. The van der Waals surface area contributed by atoms with Crippen LogP contribution in [0.4, 0.5) is 18.0 Å². The fraction of sp³-hybridized carbons (Fsp3) is 0.500. The summed E-state index contributed by atoms with van der Waals surface area (Å²) >= 11 is 0. The second kappa shape index (κ2) is 7.08. The topological polar surface area (TPSA) is 93.1 Å². The molecule has 1 N–H and O–H groups in total. The highest BCUT2D eigenvalue weighted by Crippen LogP contribution is 2.31. The molecule has 0 radical (unpaired) electrons. The van der Waals surface area contributed by atoms with Crippen LogP contribution in [0.2, 0.25) is 0 Å². The van der Waals surface area contributed by atoms with Crippen molar-refractivity contribution >= 4 is 16.2 Å². The van der Waals surface area contributed by atoms with Crippen LogP contribution in [0.3, 0.4) is 0 Å². The van der Waals surface area contributed by atoms with Crippen molar-refractivity contribution in [2.45, 2.75) is 24.7 Å². The minimum absolute atomic E-state index is 0.0475. The zero-order valence-corrected chi connectivity index (χ0v) is 13.9. The molecule has 0 bridgehead atoms. The van der Waals surface area contributed by atoms with Gasteiger partial charge in [0.05, 0.1) is 31.0 Å². The van der Waals surface area contributed by atoms with E-state index in [9.17, 15) is 26.4 Å². The predicted molar refractivity (Wildman–Crippen MR) is 79.8 cm³/mol. The maximum absolute atomic E-state index is 12.5. The number of nitrogens with zero attached hydrogens (tertiary/aromatic N) is 1. The van der Waals surface area contributed by atoms with Crippen molar-refractivity contribution in [1.82, 2.24) is 4.90 Å². The van der Waals surface area contributed by atoms with Gasteiger partial charge in [-0.2, -0.15) is 21.6 Å². The SMILES string of the molecule is CS(=O)(=O)OC[C@@H]1C[C@@H](Oc2ccc(C(F)(F)F)cc2)CN1C(=O)O. The first-order valence-electron chi connectivity index (χ1n) is 7.13. The summed E-state index contributed by atoms with van der Waals surface area (Å²) in [5.74, 6) is 0.160. The second-order valence-electron chi connectivity index (χ2n) is 5.58. The van der Waals surface area contributed by atoms with Crippen LogP contribution in [0.1, 0.15) is 12.0 Å². The van der Waals surface area contributed by atoms with Crippen molar-refractivity contribution in [3.8, 4) is 5.75 Å². The molecular weight excluding hydrogens is 367 g/mol. The van der Waals surface area contributed by atoms with E-state index in [2.05, 4.69) is 4.18 Å². The van der Waals surface area contributed by atoms with Crippen LogP contribution in [0.15, 0.2) is 24.3 Å². The fourth-order valence-corrected chi connectivity index (χ4v) is 2.87. The first-order valence-corrected chi connectivity index (χ1v) is 8.95. The molecule has 1 heterocycles. The molecule has 0 aromatic heterocycles. The zero-order valence-electron chi connectivity index (χ0n) is 13.1. The lowest BCUT2D eigenvalue weighted by molar-refractivity contribution is -0.137. The Kier molecular flexibility index (Phi) is 5.47. The van der Waals surface area contributed by atoms with Crippen LogP contribution in [-0.4, -0.2) is 56.1 Å². The van der Waals surface area contributed by atoms with Crippen LogP contribution in [0.5, 0.6) is 5.75 Å². The number of amides is 1. The monoisotopic (exact) mass is 383 g/mol. The van der Waals surface area contributed by atoms with E-state index in [1.807, 2.05) is 0 Å². The predicted octanol–water partition coefficient (Wildman–Crippen LogP) is 2.18. The molecule has 11 heteroatoms. The summed E-state index contributed by atoms with van der Waals surface area (Å²) in [6.45, 7) is -0.397. The van der Waals surface area contributed by atoms with E-state index < -0.39 is 40.1 Å². The average Bonchev–Trinajstić information content (AvgIpc) is 2.87. The summed E-state index contributed by atoms with van der Waals surface area (Å²) in [6.07, 6.45) is -5.34. The van der Waals surface area contributed by atoms with Gasteiger partial charge in [-0.15, -0.1) is 0 Å². The van der Waals surface area contributed by atoms with Gasteiger partial charge in [-0.3, -0.25) is 9.08 Å². The molecule has 0 spiro atoms. The van der Waals surface area contributed by atoms with E-state index in [0.29, 0.717) is 0 Å². The molecule has 1 aliphatic rings. The molecule has 0 aliphatic carbocycles. The van der Waals surface area contributed by atoms with Gasteiger partial charge in [0.2, 0.25) is 0 Å². The molecule has 2 atom stereocenters. The van der Waals surface area contributed by atoms with Gasteiger partial charge in [0.1, 0.15) is 11.9 Å². The smallest absolute Gasteiger partial charge is 0.416 e. The Balaban J connectivity index is 2.02. The Morgan fingerprint density at radius 3 is 2.40 bits per heavy atom. The molecule has 1 aliphatic heterocycles. The molecule has 2 rings (SSSR count). The van der Waals surface area contributed by atoms with E-state index in [0.717, 1.165) is 35.4 Å². The summed E-state index contributed by atoms with van der Waals surface area (Å²) in [5.41, 5.74) is -0.821. The normalized spacial score (nSPS) is 21.4. The van der Waals surface area contributed by atoms with Gasteiger partial charge in [-0.05, 0) is 24.3 Å². The number of halogens is 3. The van der Waals surface area contributed by atoms with Gasteiger partial charge in [0, 0.05) is 6.42 Å². The molecule has 1 fully saturated rings. The lowest BCUT2D eigenvalue weighted by Crippen LogP contribution is -2.38. The van der Waals surface area contributed by atoms with Crippen molar-refractivity contribution in [3.63, 3.8) is 0 Å². The Labute approximate surface area is 142 Å². The van der Waals surface area contributed by atoms with Gasteiger partial charge in [-0.1, -0.05) is 0 Å². The number of hydrogen-bond donors (Lipinski definition) is 1. The third-order valence-electron chi connectivity index (χ3n) is 3.58. The summed E-state index contributed by atoms with van der Waals surface area (Å²) in [5, 5.41) is 9.16. The lowest BCUT2D eigenvalue weighted by Gasteiger charge is -2.19. The Morgan fingerprint density at radius 2 is 1.92 bits per heavy atom. The first kappa shape index (κ1) is 19.3. The summed E-state index contributed by atoms with van der Waals surface area (Å²) in [4.78, 5) is 12.2. The molecular formula is C14H16F3NO6S. The maximum Gasteiger partial charge on any atom is 0.416 e. The largest absolute Gasteiger partial charge is 0.489 e. The summed E-state index contributed by atoms with van der Waals surface area (Å²) in [7, 11) is -3.72. The van der Waals surface area contributed by atoms with Gasteiger partial charge < -0.3 is 9.84 Å². The number of benzene rings is 1. The van der Waals surface area contributed by atoms with Crippen molar-refractivity contribution in [2.24, 2.45) is 0 Å². The molecule has 0 saturated carbocycles. The molecule has 1 aromatic rings. The highest BCUT2D eigenvalue weighted by molar-refractivity contribution is 7.85. The number of likely N-dealkylation sites (tertiary alicyclic amines) is 1. The molecule has 1 saturated heterocycles. The van der Waals surface area contributed by atoms with Crippen molar-refractivity contribution < 1.29 is 40.4 Å². The van der Waals surface area contributed by atoms with Crippen molar-refractivity contribution in [2.75, 3.05) is 19.4 Å². The summed E-state index contributed by atoms with van der Waals surface area (Å²) < 4.78 is 69.8. The zero-order chi connectivity index (χ0) is 18.8. The second-order valence-corrected chi connectivity index (χ2v) is 7.22. The number of carboxylic acid groups (broad SMARTS) is 1. The first-order chi connectivity index (χ1) is 11.5. The van der Waals surface area contributed by atoms with Gasteiger partial charge in [0.15, 0.2) is 0 Å². The van der Waals surface area contributed by atoms with E-state index in [1.165, 1.54) is 0 Å². The quantitative estimate of drug-likeness (QED) is 0.784. The highest BCUT2D eigenvalue weighted by atomic mass is 32.2. The lowest BCUT2D eigenvalue weighted by atomic mass is 10.2. The van der Waals surface area contributed by atoms with E-state index in [1.54, 1.807) is 0 Å². The molecule has 140 valence electrons. The number of alkyl halides is 3. The van der Waals surface area contributed by atoms with Gasteiger partial charge >= 0.3 is 12.3 Å². The third-order valence-corrected chi connectivity index (χ3v) is 4.14. The van der Waals surface area contributed by atoms with Crippen LogP contribution in [-0.2, 0) is 20.5 Å². The molecule has 1 amide bonds. The van der Waals surface area contributed by atoms with Crippen LogP contribution < -0.4 is 4.74 Å². The Bertz CT molecular complexity index is 719. The molecule has 7 nitrogen and oxygen atoms in total. The Hall–Kier alpha value is -2.01. The number of hydrogen-bond acceptors (Lipinski definition) is 5. The van der Waals surface area contributed by atoms with Crippen molar-refractivity contribution in [1.29, 1.82) is 0 Å². The van der Waals surface area contributed by atoms with E-state index in [4.69, 9.17) is 9.84 Å². The molecule has 25 heavy (non-hydrogen) atoms. The van der Waals surface area contributed by atoms with Crippen LogP contribution in [0, 0.1) is 0 Å². The third kappa shape index (κ3) is 5.49. The fourth-order valence-electron chi connectivity index (χ4n) is 2.47. The highest BCUT2D eigenvalue weighted by Gasteiger charge is 2.37. The minimum atomic E-state index is -4.46. The van der Waals surface area contributed by atoms with E-state index >= 15 is 0 Å². The van der Waals surface area contributed by atoms with Gasteiger partial charge in [-0.25, -0.2) is 4.79 Å². The standard InChI is InChI=1S/C14H16F3NO6S/c1-25(21,22)23-8-10-6-12(7-18(10)13(19)20)24-11-4-2-9(3-5-11)14(15,16)17/h2-5,10,12H,6-8H2,1H3,(H,19,20)/t10-,12+/m0/s1. The molecule has 0 unspecified atom stereocenters. The molecule has 1 aromatic carbocycles. The number of ether oxygens (including phenoxy) is 1. The van der Waals surface area contributed by atoms with E-state index in [-0.39, 0.29) is 25.3 Å². The van der Waals surface area contributed by atoms with Crippen LogP contribution >= 0.6 is 0 Å². The summed E-state index contributed by atoms with van der Waals surface area (Å²) in [6, 6.07) is 3.29. The minimum Gasteiger partial charge on any atom is -0.489 e. The van der Waals surface area contributed by atoms with Crippen molar-refractivity contribution in [3.05, 3.63) is 29.8 Å². The number of carbonyl (C=O) groups is 1. The number of rotatable bonds is 5. The van der Waals surface area contributed by atoms with Gasteiger partial charge in [0.25, 0.3) is 10.1 Å². The van der Waals surface area contributed by atoms with Crippen LogP contribution in [0.25, 0.3) is 0 Å². The average molecular weight is 383 g/mol. The maximum atomic E-state index is 12.5.